The molecule has 3 rings (SSSR count). The lowest BCUT2D eigenvalue weighted by Crippen LogP contribution is -2.27. The molecule has 0 unspecified atom stereocenters. The van der Waals surface area contributed by atoms with Crippen molar-refractivity contribution in [1.29, 1.82) is 0 Å². The zero-order chi connectivity index (χ0) is 21.0. The Labute approximate surface area is 171 Å². The summed E-state index contributed by atoms with van der Waals surface area (Å²) in [5.41, 5.74) is 8.03. The van der Waals surface area contributed by atoms with E-state index in [9.17, 15) is 9.59 Å². The zero-order valence-corrected chi connectivity index (χ0v) is 17.4. The Bertz CT molecular complexity index is 1000. The Hall–Kier alpha value is -3.18. The molecule has 3 aromatic rings. The third-order valence-electron chi connectivity index (χ3n) is 4.97. The quantitative estimate of drug-likeness (QED) is 0.619. The van der Waals surface area contributed by atoms with Crippen LogP contribution in [0.2, 0.25) is 0 Å². The molecule has 0 radical (unpaired) electrons. The molecule has 0 fully saturated rings. The number of nitrogens with zero attached hydrogens (tertiary/aromatic N) is 2. The third-order valence-corrected chi connectivity index (χ3v) is 4.97. The van der Waals surface area contributed by atoms with Gasteiger partial charge in [-0.2, -0.15) is 0 Å². The summed E-state index contributed by atoms with van der Waals surface area (Å²) in [7, 11) is 1.94. The lowest BCUT2D eigenvalue weighted by Gasteiger charge is -2.16. The average Bonchev–Trinajstić information content (AvgIpc) is 2.98. The second-order valence-corrected chi connectivity index (χ2v) is 7.51. The molecular formula is C24H27N3O2. The Balaban J connectivity index is 1.69. The lowest BCUT2D eigenvalue weighted by molar-refractivity contribution is 0.0940. The molecule has 0 saturated carbocycles. The molecule has 1 heterocycles. The van der Waals surface area contributed by atoms with Crippen LogP contribution in [0.1, 0.15) is 43.2 Å². The van der Waals surface area contributed by atoms with Gasteiger partial charge in [0.25, 0.3) is 5.91 Å². The van der Waals surface area contributed by atoms with Gasteiger partial charge in [-0.1, -0.05) is 48.0 Å². The third kappa shape index (κ3) is 5.00. The molecule has 0 aliphatic rings. The van der Waals surface area contributed by atoms with E-state index in [2.05, 4.69) is 36.6 Å². The molecule has 150 valence electrons. The van der Waals surface area contributed by atoms with Gasteiger partial charge in [-0.25, -0.2) is 0 Å². The van der Waals surface area contributed by atoms with Crippen molar-refractivity contribution in [2.45, 2.75) is 27.3 Å². The predicted octanol–water partition coefficient (Wildman–Crippen LogP) is 4.11. The normalized spacial score (nSPS) is 10.9. The smallest absolute Gasteiger partial charge is 0.270 e. The maximum atomic E-state index is 12.9. The van der Waals surface area contributed by atoms with Gasteiger partial charge in [0, 0.05) is 29.1 Å². The van der Waals surface area contributed by atoms with Crippen molar-refractivity contribution in [2.75, 3.05) is 19.0 Å². The molecule has 2 aromatic carbocycles. The number of likely N-dealkylation sites (N-methyl/N-ethyl adjacent to an activating group) is 1. The van der Waals surface area contributed by atoms with Gasteiger partial charge in [0.05, 0.1) is 6.54 Å². The standard InChI is InChI=1S/C24H27N3O2/c1-17-10-12-20(13-11-17)15-26(4)16-23(28)22-14-18(2)27(19(22)3)25-24(29)21-8-6-5-7-9-21/h5-14H,15-16H2,1-4H3,(H,25,29). The molecule has 29 heavy (non-hydrogen) atoms. The lowest BCUT2D eigenvalue weighted by atomic mass is 10.1. The topological polar surface area (TPSA) is 54.3 Å². The molecule has 5 nitrogen and oxygen atoms in total. The van der Waals surface area contributed by atoms with Crippen molar-refractivity contribution in [3.63, 3.8) is 0 Å². The van der Waals surface area contributed by atoms with Crippen LogP contribution in [0.25, 0.3) is 0 Å². The first-order chi connectivity index (χ1) is 13.8. The van der Waals surface area contributed by atoms with E-state index in [4.69, 9.17) is 0 Å². The molecule has 1 N–H and O–H groups in total. The van der Waals surface area contributed by atoms with Crippen molar-refractivity contribution in [3.05, 3.63) is 94.3 Å². The highest BCUT2D eigenvalue weighted by Gasteiger charge is 2.18. The minimum atomic E-state index is -0.206. The average molecular weight is 389 g/mol. The van der Waals surface area contributed by atoms with Gasteiger partial charge in [0.1, 0.15) is 0 Å². The summed E-state index contributed by atoms with van der Waals surface area (Å²) < 4.78 is 1.68. The fourth-order valence-corrected chi connectivity index (χ4v) is 3.36. The number of ketones is 1. The van der Waals surface area contributed by atoms with Crippen LogP contribution in [0.4, 0.5) is 0 Å². The number of Topliss-reactive ketones (excluding diaryl/α,β-unsaturated/α-hetero) is 1. The number of benzene rings is 2. The van der Waals surface area contributed by atoms with Crippen LogP contribution in [0.3, 0.4) is 0 Å². The van der Waals surface area contributed by atoms with E-state index in [0.29, 0.717) is 24.2 Å². The highest BCUT2D eigenvalue weighted by atomic mass is 16.2. The zero-order valence-electron chi connectivity index (χ0n) is 17.4. The Morgan fingerprint density at radius 3 is 2.28 bits per heavy atom. The molecule has 0 aliphatic carbocycles. The molecular weight excluding hydrogens is 362 g/mol. The maximum absolute atomic E-state index is 12.9. The van der Waals surface area contributed by atoms with E-state index in [1.165, 1.54) is 11.1 Å². The van der Waals surface area contributed by atoms with Crippen molar-refractivity contribution >= 4 is 11.7 Å². The van der Waals surface area contributed by atoms with Crippen LogP contribution < -0.4 is 5.43 Å². The van der Waals surface area contributed by atoms with Crippen LogP contribution in [0.15, 0.2) is 60.7 Å². The summed E-state index contributed by atoms with van der Waals surface area (Å²) >= 11 is 0. The summed E-state index contributed by atoms with van der Waals surface area (Å²) in [5, 5.41) is 0. The minimum absolute atomic E-state index is 0.0351. The van der Waals surface area contributed by atoms with Crippen molar-refractivity contribution in [2.24, 2.45) is 0 Å². The first kappa shape index (κ1) is 20.6. The van der Waals surface area contributed by atoms with E-state index in [1.807, 2.05) is 50.1 Å². The van der Waals surface area contributed by atoms with E-state index in [0.717, 1.165) is 11.4 Å². The SMILES string of the molecule is Cc1ccc(CN(C)CC(=O)c2cc(C)n(NC(=O)c3ccccc3)c2C)cc1. The molecule has 0 atom stereocenters. The fourth-order valence-electron chi connectivity index (χ4n) is 3.36. The highest BCUT2D eigenvalue weighted by Crippen LogP contribution is 2.16. The Kier molecular flexibility index (Phi) is 6.29. The van der Waals surface area contributed by atoms with Gasteiger partial charge in [-0.05, 0) is 51.6 Å². The number of hydrogen-bond acceptors (Lipinski definition) is 3. The molecule has 1 amide bonds. The highest BCUT2D eigenvalue weighted by molar-refractivity contribution is 6.01. The number of carbonyl (C=O) groups excluding carboxylic acids is 2. The summed E-state index contributed by atoms with van der Waals surface area (Å²) in [5.74, 6) is -0.171. The number of carbonyl (C=O) groups is 2. The number of nitrogens with one attached hydrogen (secondary N) is 1. The summed E-state index contributed by atoms with van der Waals surface area (Å²) in [4.78, 5) is 27.4. The molecule has 1 aromatic heterocycles. The molecule has 0 spiro atoms. The molecule has 0 saturated heterocycles. The summed E-state index contributed by atoms with van der Waals surface area (Å²) in [6.07, 6.45) is 0. The van der Waals surface area contributed by atoms with Crippen LogP contribution in [-0.4, -0.2) is 34.9 Å². The van der Waals surface area contributed by atoms with Crippen LogP contribution in [0, 0.1) is 20.8 Å². The molecule has 0 bridgehead atoms. The van der Waals surface area contributed by atoms with E-state index >= 15 is 0 Å². The summed E-state index contributed by atoms with van der Waals surface area (Å²) in [6, 6.07) is 19.2. The van der Waals surface area contributed by atoms with Crippen LogP contribution in [0.5, 0.6) is 0 Å². The van der Waals surface area contributed by atoms with E-state index in [1.54, 1.807) is 16.8 Å². The van der Waals surface area contributed by atoms with Crippen molar-refractivity contribution < 1.29 is 9.59 Å². The van der Waals surface area contributed by atoms with Gasteiger partial charge in [-0.3, -0.25) is 24.6 Å². The summed E-state index contributed by atoms with van der Waals surface area (Å²) in [6.45, 7) is 6.81. The molecule has 5 heteroatoms. The van der Waals surface area contributed by atoms with Crippen LogP contribution in [-0.2, 0) is 6.54 Å². The Morgan fingerprint density at radius 2 is 1.62 bits per heavy atom. The number of hydrogen-bond donors (Lipinski definition) is 1. The predicted molar refractivity (Wildman–Crippen MR) is 116 cm³/mol. The number of amides is 1. The second-order valence-electron chi connectivity index (χ2n) is 7.51. The van der Waals surface area contributed by atoms with Gasteiger partial charge in [-0.15, -0.1) is 0 Å². The van der Waals surface area contributed by atoms with Gasteiger partial charge in [0.15, 0.2) is 5.78 Å². The van der Waals surface area contributed by atoms with Gasteiger partial charge < -0.3 is 0 Å². The van der Waals surface area contributed by atoms with Crippen LogP contribution >= 0.6 is 0 Å². The van der Waals surface area contributed by atoms with Gasteiger partial charge in [0.2, 0.25) is 0 Å². The van der Waals surface area contributed by atoms with Crippen molar-refractivity contribution in [3.8, 4) is 0 Å². The second kappa shape index (κ2) is 8.88. The van der Waals surface area contributed by atoms with Crippen molar-refractivity contribution in [1.82, 2.24) is 9.58 Å². The van der Waals surface area contributed by atoms with E-state index in [-0.39, 0.29) is 11.7 Å². The van der Waals surface area contributed by atoms with Gasteiger partial charge >= 0.3 is 0 Å². The molecule has 0 aliphatic heterocycles. The number of rotatable bonds is 7. The first-order valence-electron chi connectivity index (χ1n) is 9.68. The fraction of sp³-hybridized carbons (Fsp3) is 0.250. The maximum Gasteiger partial charge on any atom is 0.270 e. The minimum Gasteiger partial charge on any atom is -0.295 e. The Morgan fingerprint density at radius 1 is 0.966 bits per heavy atom. The van der Waals surface area contributed by atoms with E-state index < -0.39 is 0 Å². The number of aromatic nitrogens is 1. The number of aryl methyl sites for hydroxylation is 2. The monoisotopic (exact) mass is 389 g/mol. The largest absolute Gasteiger partial charge is 0.295 e. The first-order valence-corrected chi connectivity index (χ1v) is 9.68.